The summed E-state index contributed by atoms with van der Waals surface area (Å²) in [7, 11) is 0. The number of nitrogens with zero attached hydrogens (tertiary/aromatic N) is 3. The Morgan fingerprint density at radius 1 is 1.52 bits per heavy atom. The summed E-state index contributed by atoms with van der Waals surface area (Å²) in [5.41, 5.74) is 0.824. The zero-order valence-electron chi connectivity index (χ0n) is 12.0. The van der Waals surface area contributed by atoms with Gasteiger partial charge in [0.25, 0.3) is 0 Å². The van der Waals surface area contributed by atoms with Gasteiger partial charge in [0.15, 0.2) is 0 Å². The Morgan fingerprint density at radius 2 is 2.43 bits per heavy atom. The molecule has 0 bridgehead atoms. The van der Waals surface area contributed by atoms with Gasteiger partial charge in [0, 0.05) is 25.3 Å². The van der Waals surface area contributed by atoms with Crippen molar-refractivity contribution >= 4 is 22.8 Å². The lowest BCUT2D eigenvalue weighted by atomic mass is 10.1. The summed E-state index contributed by atoms with van der Waals surface area (Å²) in [5, 5.41) is 4.43. The monoisotopic (exact) mass is 285 g/mol. The van der Waals surface area contributed by atoms with Crippen LogP contribution >= 0.6 is 0 Å². The van der Waals surface area contributed by atoms with Crippen LogP contribution in [0.1, 0.15) is 19.8 Å². The minimum absolute atomic E-state index is 0.0819. The molecule has 2 N–H and O–H groups in total. The number of piperidine rings is 1. The molecule has 1 aliphatic rings. The van der Waals surface area contributed by atoms with Gasteiger partial charge < -0.3 is 15.2 Å². The SMILES string of the molecule is C/C=C\C(=O)N1CCCC(Nc2ncnc3[nH]ccc23)C1. The van der Waals surface area contributed by atoms with E-state index >= 15 is 0 Å². The molecule has 1 atom stereocenters. The number of likely N-dealkylation sites (tertiary alicyclic amines) is 1. The fourth-order valence-electron chi connectivity index (χ4n) is 2.72. The molecule has 0 saturated carbocycles. The fourth-order valence-corrected chi connectivity index (χ4v) is 2.72. The second-order valence-electron chi connectivity index (χ2n) is 5.23. The predicted molar refractivity (Wildman–Crippen MR) is 81.9 cm³/mol. The number of amides is 1. The van der Waals surface area contributed by atoms with E-state index in [1.54, 1.807) is 18.5 Å². The maximum absolute atomic E-state index is 11.9. The lowest BCUT2D eigenvalue weighted by molar-refractivity contribution is -0.127. The van der Waals surface area contributed by atoms with Crippen LogP contribution < -0.4 is 5.32 Å². The second kappa shape index (κ2) is 5.95. The van der Waals surface area contributed by atoms with Gasteiger partial charge in [0.1, 0.15) is 17.8 Å². The second-order valence-corrected chi connectivity index (χ2v) is 5.23. The highest BCUT2D eigenvalue weighted by atomic mass is 16.2. The van der Waals surface area contributed by atoms with E-state index in [0.717, 1.165) is 36.2 Å². The molecular weight excluding hydrogens is 266 g/mol. The van der Waals surface area contributed by atoms with Crippen LogP contribution in [0.5, 0.6) is 0 Å². The fraction of sp³-hybridized carbons (Fsp3) is 0.400. The van der Waals surface area contributed by atoms with Crippen LogP contribution in [0.25, 0.3) is 11.0 Å². The molecule has 6 nitrogen and oxygen atoms in total. The van der Waals surface area contributed by atoms with Crippen molar-refractivity contribution in [1.82, 2.24) is 19.9 Å². The summed E-state index contributed by atoms with van der Waals surface area (Å²) < 4.78 is 0. The van der Waals surface area contributed by atoms with Crippen molar-refractivity contribution in [3.63, 3.8) is 0 Å². The first-order valence-electron chi connectivity index (χ1n) is 7.24. The van der Waals surface area contributed by atoms with Gasteiger partial charge in [0.05, 0.1) is 5.39 Å². The van der Waals surface area contributed by atoms with E-state index < -0.39 is 0 Å². The van der Waals surface area contributed by atoms with Crippen molar-refractivity contribution in [3.8, 4) is 0 Å². The van der Waals surface area contributed by atoms with Gasteiger partial charge in [-0.3, -0.25) is 4.79 Å². The van der Waals surface area contributed by atoms with Crippen molar-refractivity contribution in [2.75, 3.05) is 18.4 Å². The molecule has 21 heavy (non-hydrogen) atoms. The molecule has 1 amide bonds. The number of hydrogen-bond acceptors (Lipinski definition) is 4. The van der Waals surface area contributed by atoms with E-state index in [9.17, 15) is 4.79 Å². The Labute approximate surface area is 123 Å². The first kappa shape index (κ1) is 13.6. The largest absolute Gasteiger partial charge is 0.365 e. The highest BCUT2D eigenvalue weighted by Gasteiger charge is 2.23. The average Bonchev–Trinajstić information content (AvgIpc) is 2.97. The molecule has 3 heterocycles. The van der Waals surface area contributed by atoms with E-state index in [2.05, 4.69) is 20.3 Å². The lowest BCUT2D eigenvalue weighted by Gasteiger charge is -2.32. The molecule has 1 unspecified atom stereocenters. The summed E-state index contributed by atoms with van der Waals surface area (Å²) in [6, 6.07) is 2.18. The molecule has 0 spiro atoms. The topological polar surface area (TPSA) is 73.9 Å². The zero-order valence-corrected chi connectivity index (χ0v) is 12.0. The van der Waals surface area contributed by atoms with Crippen molar-refractivity contribution < 1.29 is 4.79 Å². The number of anilines is 1. The van der Waals surface area contributed by atoms with Crippen LogP contribution in [0.15, 0.2) is 30.7 Å². The highest BCUT2D eigenvalue weighted by Crippen LogP contribution is 2.21. The minimum atomic E-state index is 0.0819. The number of nitrogens with one attached hydrogen (secondary N) is 2. The quantitative estimate of drug-likeness (QED) is 0.845. The number of carbonyl (C=O) groups is 1. The van der Waals surface area contributed by atoms with Crippen LogP contribution in [0.3, 0.4) is 0 Å². The van der Waals surface area contributed by atoms with Gasteiger partial charge in [-0.2, -0.15) is 0 Å². The Kier molecular flexibility index (Phi) is 3.85. The summed E-state index contributed by atoms with van der Waals surface area (Å²) >= 11 is 0. The van der Waals surface area contributed by atoms with Crippen LogP contribution in [-0.2, 0) is 4.79 Å². The van der Waals surface area contributed by atoms with E-state index in [1.165, 1.54) is 0 Å². The summed E-state index contributed by atoms with van der Waals surface area (Å²) in [4.78, 5) is 25.4. The Bertz CT molecular complexity index is 663. The van der Waals surface area contributed by atoms with E-state index in [1.807, 2.05) is 24.1 Å². The number of rotatable bonds is 3. The first-order valence-corrected chi connectivity index (χ1v) is 7.24. The molecule has 3 rings (SSSR count). The lowest BCUT2D eigenvalue weighted by Crippen LogP contribution is -2.44. The normalized spacial score (nSPS) is 19.3. The molecule has 0 radical (unpaired) electrons. The van der Waals surface area contributed by atoms with Gasteiger partial charge in [0.2, 0.25) is 5.91 Å². The molecule has 0 aromatic carbocycles. The molecule has 2 aromatic rings. The van der Waals surface area contributed by atoms with Gasteiger partial charge >= 0.3 is 0 Å². The van der Waals surface area contributed by atoms with Gasteiger partial charge in [-0.05, 0) is 31.9 Å². The highest BCUT2D eigenvalue weighted by molar-refractivity contribution is 5.88. The van der Waals surface area contributed by atoms with Crippen molar-refractivity contribution in [2.45, 2.75) is 25.8 Å². The van der Waals surface area contributed by atoms with Crippen LogP contribution in [-0.4, -0.2) is 44.9 Å². The van der Waals surface area contributed by atoms with Crippen LogP contribution in [0.2, 0.25) is 0 Å². The molecule has 1 saturated heterocycles. The van der Waals surface area contributed by atoms with Crippen LogP contribution in [0.4, 0.5) is 5.82 Å². The smallest absolute Gasteiger partial charge is 0.246 e. The van der Waals surface area contributed by atoms with Crippen molar-refractivity contribution in [1.29, 1.82) is 0 Å². The molecule has 2 aromatic heterocycles. The standard InChI is InChI=1S/C15H19N5O/c1-2-4-13(21)20-8-3-5-11(9-20)19-15-12-6-7-16-14(12)17-10-18-15/h2,4,6-7,10-11H,3,5,8-9H2,1H3,(H2,16,17,18,19)/b4-2-. The number of aromatic amines is 1. The predicted octanol–water partition coefficient (Wildman–Crippen LogP) is 1.94. The maximum atomic E-state index is 11.9. The Balaban J connectivity index is 1.72. The Morgan fingerprint density at radius 3 is 3.29 bits per heavy atom. The van der Waals surface area contributed by atoms with Crippen LogP contribution in [0, 0.1) is 0 Å². The summed E-state index contributed by atoms with van der Waals surface area (Å²) in [6.07, 6.45) is 8.85. The van der Waals surface area contributed by atoms with Gasteiger partial charge in [-0.15, -0.1) is 0 Å². The molecular formula is C15H19N5O. The van der Waals surface area contributed by atoms with Crippen molar-refractivity contribution in [2.24, 2.45) is 0 Å². The van der Waals surface area contributed by atoms with Gasteiger partial charge in [-0.1, -0.05) is 6.08 Å². The third-order valence-electron chi connectivity index (χ3n) is 3.74. The van der Waals surface area contributed by atoms with E-state index in [0.29, 0.717) is 6.54 Å². The molecule has 110 valence electrons. The molecule has 6 heteroatoms. The van der Waals surface area contributed by atoms with E-state index in [4.69, 9.17) is 0 Å². The van der Waals surface area contributed by atoms with Gasteiger partial charge in [-0.25, -0.2) is 9.97 Å². The summed E-state index contributed by atoms with van der Waals surface area (Å²) in [6.45, 7) is 3.39. The third kappa shape index (κ3) is 2.89. The summed E-state index contributed by atoms with van der Waals surface area (Å²) in [5.74, 6) is 0.907. The number of aromatic nitrogens is 3. The minimum Gasteiger partial charge on any atom is -0.365 e. The zero-order chi connectivity index (χ0) is 14.7. The average molecular weight is 285 g/mol. The number of allylic oxidation sites excluding steroid dienone is 1. The molecule has 0 aliphatic carbocycles. The molecule has 1 fully saturated rings. The Hall–Kier alpha value is -2.37. The number of hydrogen-bond donors (Lipinski definition) is 2. The van der Waals surface area contributed by atoms with E-state index in [-0.39, 0.29) is 11.9 Å². The molecule has 1 aliphatic heterocycles. The number of fused-ring (bicyclic) bond motifs is 1. The number of H-pyrrole nitrogens is 1. The third-order valence-corrected chi connectivity index (χ3v) is 3.74. The maximum Gasteiger partial charge on any atom is 0.246 e. The first-order chi connectivity index (χ1) is 10.3. The van der Waals surface area contributed by atoms with Crippen molar-refractivity contribution in [3.05, 3.63) is 30.7 Å². The number of carbonyl (C=O) groups excluding carboxylic acids is 1.